The molecule has 8 atom stereocenters. The van der Waals surface area contributed by atoms with E-state index in [0.717, 1.165) is 5.57 Å². The van der Waals surface area contributed by atoms with Gasteiger partial charge < -0.3 is 24.1 Å². The predicted molar refractivity (Wildman–Crippen MR) is 152 cm³/mol. The summed E-state index contributed by atoms with van der Waals surface area (Å²) in [7, 11) is 0. The SMILES string of the molecule is C=C1CC[C@@H](OC(=O)c2ccccc2)[C@H]2[C@@]1(C)[C@@H](OC(=O)c1ccccc1)[C@H](O)[C@]1(C)O[C@@]3(CC[C@]21C)COC(=O)C3. The van der Waals surface area contributed by atoms with Crippen LogP contribution in [0.4, 0.5) is 0 Å². The summed E-state index contributed by atoms with van der Waals surface area (Å²) in [5, 5.41) is 12.3. The fourth-order valence-electron chi connectivity index (χ4n) is 8.30. The van der Waals surface area contributed by atoms with Crippen LogP contribution in [0.2, 0.25) is 0 Å². The third-order valence-corrected chi connectivity index (χ3v) is 10.8. The molecule has 2 saturated carbocycles. The lowest BCUT2D eigenvalue weighted by Gasteiger charge is -2.70. The molecule has 2 aromatic rings. The lowest BCUT2D eigenvalue weighted by atomic mass is 9.41. The number of cyclic esters (lactones) is 1. The molecule has 1 spiro atoms. The third kappa shape index (κ3) is 4.21. The van der Waals surface area contributed by atoms with E-state index in [1.807, 2.05) is 26.0 Å². The highest BCUT2D eigenvalue weighted by atomic mass is 16.6. The maximum atomic E-state index is 13.5. The zero-order valence-electron chi connectivity index (χ0n) is 24.3. The number of aliphatic hydroxyl groups is 1. The number of fused-ring (bicyclic) bond motifs is 3. The van der Waals surface area contributed by atoms with Crippen molar-refractivity contribution in [3.05, 3.63) is 83.9 Å². The predicted octanol–water partition coefficient (Wildman–Crippen LogP) is 5.05. The van der Waals surface area contributed by atoms with Gasteiger partial charge in [0.1, 0.15) is 36.1 Å². The van der Waals surface area contributed by atoms with Crippen LogP contribution in [0.5, 0.6) is 0 Å². The van der Waals surface area contributed by atoms with Gasteiger partial charge in [-0.15, -0.1) is 0 Å². The average molecular weight is 575 g/mol. The fraction of sp³-hybridized carbons (Fsp3) is 0.500. The number of rotatable bonds is 4. The Balaban J connectivity index is 1.45. The van der Waals surface area contributed by atoms with Crippen molar-refractivity contribution >= 4 is 17.9 Å². The topological polar surface area (TPSA) is 108 Å². The summed E-state index contributed by atoms with van der Waals surface area (Å²) in [6.45, 7) is 10.4. The molecule has 8 nitrogen and oxygen atoms in total. The first-order valence-corrected chi connectivity index (χ1v) is 14.7. The maximum Gasteiger partial charge on any atom is 0.338 e. The monoisotopic (exact) mass is 574 g/mol. The average Bonchev–Trinajstić information content (AvgIpc) is 3.35. The molecular weight excluding hydrogens is 536 g/mol. The number of hydrogen-bond donors (Lipinski definition) is 1. The summed E-state index contributed by atoms with van der Waals surface area (Å²) in [5.74, 6) is -1.78. The van der Waals surface area contributed by atoms with Gasteiger partial charge in [0.15, 0.2) is 0 Å². The Labute approximate surface area is 246 Å². The lowest BCUT2D eigenvalue weighted by Crippen LogP contribution is -2.78. The van der Waals surface area contributed by atoms with Gasteiger partial charge in [-0.25, -0.2) is 9.59 Å². The third-order valence-electron chi connectivity index (χ3n) is 10.8. The first kappa shape index (κ1) is 28.6. The van der Waals surface area contributed by atoms with Gasteiger partial charge in [0.05, 0.1) is 17.5 Å². The summed E-state index contributed by atoms with van der Waals surface area (Å²) < 4.78 is 24.7. The van der Waals surface area contributed by atoms with Crippen LogP contribution in [0.15, 0.2) is 72.8 Å². The van der Waals surface area contributed by atoms with Gasteiger partial charge in [0.25, 0.3) is 0 Å². The molecular formula is C34H38O8. The van der Waals surface area contributed by atoms with Crippen molar-refractivity contribution in [2.75, 3.05) is 6.61 Å². The van der Waals surface area contributed by atoms with Crippen LogP contribution < -0.4 is 0 Å². The summed E-state index contributed by atoms with van der Waals surface area (Å²) in [6.07, 6.45) is -0.648. The minimum atomic E-state index is -1.28. The van der Waals surface area contributed by atoms with E-state index in [9.17, 15) is 19.5 Å². The Bertz CT molecular complexity index is 1410. The van der Waals surface area contributed by atoms with Crippen molar-refractivity contribution in [3.63, 3.8) is 0 Å². The van der Waals surface area contributed by atoms with Crippen molar-refractivity contribution in [2.24, 2.45) is 16.7 Å². The van der Waals surface area contributed by atoms with E-state index in [0.29, 0.717) is 36.8 Å². The van der Waals surface area contributed by atoms with Crippen molar-refractivity contribution in [1.29, 1.82) is 0 Å². The molecule has 2 saturated heterocycles. The highest BCUT2D eigenvalue weighted by Crippen LogP contribution is 2.68. The quantitative estimate of drug-likeness (QED) is 0.307. The van der Waals surface area contributed by atoms with Crippen LogP contribution in [-0.2, 0) is 23.7 Å². The van der Waals surface area contributed by atoms with E-state index in [-0.39, 0.29) is 19.0 Å². The number of hydrogen-bond acceptors (Lipinski definition) is 8. The number of carbonyl (C=O) groups excluding carboxylic acids is 3. The van der Waals surface area contributed by atoms with Gasteiger partial charge >= 0.3 is 17.9 Å². The van der Waals surface area contributed by atoms with Crippen LogP contribution in [0.1, 0.15) is 73.6 Å². The van der Waals surface area contributed by atoms with Gasteiger partial charge in [-0.1, -0.05) is 62.4 Å². The van der Waals surface area contributed by atoms with Crippen LogP contribution in [0.25, 0.3) is 0 Å². The Morgan fingerprint density at radius 3 is 2.10 bits per heavy atom. The summed E-state index contributed by atoms with van der Waals surface area (Å²) in [6, 6.07) is 17.5. The van der Waals surface area contributed by atoms with Gasteiger partial charge in [-0.2, -0.15) is 0 Å². The molecule has 0 radical (unpaired) electrons. The summed E-state index contributed by atoms with van der Waals surface area (Å²) in [4.78, 5) is 39.1. The molecule has 1 N–H and O–H groups in total. The van der Waals surface area contributed by atoms with Crippen LogP contribution in [-0.4, -0.2) is 59.1 Å². The molecule has 4 aliphatic rings. The summed E-state index contributed by atoms with van der Waals surface area (Å²) in [5.41, 5.74) is -2.25. The Morgan fingerprint density at radius 1 is 0.929 bits per heavy atom. The zero-order chi connectivity index (χ0) is 29.9. The summed E-state index contributed by atoms with van der Waals surface area (Å²) >= 11 is 0. The molecule has 0 amide bonds. The van der Waals surface area contributed by atoms with Crippen molar-refractivity contribution < 1.29 is 38.4 Å². The molecule has 0 unspecified atom stereocenters. The van der Waals surface area contributed by atoms with Crippen molar-refractivity contribution in [1.82, 2.24) is 0 Å². The highest BCUT2D eigenvalue weighted by Gasteiger charge is 2.75. The maximum absolute atomic E-state index is 13.5. The Hall–Kier alpha value is -3.49. The number of aliphatic hydroxyl groups excluding tert-OH is 1. The largest absolute Gasteiger partial charge is 0.463 e. The minimum absolute atomic E-state index is 0.0843. The van der Waals surface area contributed by atoms with E-state index in [4.69, 9.17) is 18.9 Å². The molecule has 42 heavy (non-hydrogen) atoms. The smallest absolute Gasteiger partial charge is 0.338 e. The van der Waals surface area contributed by atoms with Gasteiger partial charge in [-0.05, 0) is 56.9 Å². The molecule has 2 aromatic carbocycles. The molecule has 2 aliphatic carbocycles. The molecule has 222 valence electrons. The van der Waals surface area contributed by atoms with E-state index in [1.54, 1.807) is 48.5 Å². The zero-order valence-corrected chi connectivity index (χ0v) is 24.3. The molecule has 8 heteroatoms. The number of benzene rings is 2. The van der Waals surface area contributed by atoms with Gasteiger partial charge in [-0.3, -0.25) is 4.79 Å². The number of carbonyl (C=O) groups is 3. The second-order valence-corrected chi connectivity index (χ2v) is 13.0. The van der Waals surface area contributed by atoms with Gasteiger partial charge in [0.2, 0.25) is 0 Å². The van der Waals surface area contributed by atoms with Crippen LogP contribution in [0, 0.1) is 16.7 Å². The molecule has 4 fully saturated rings. The molecule has 2 heterocycles. The molecule has 0 aromatic heterocycles. The van der Waals surface area contributed by atoms with E-state index < -0.39 is 58.2 Å². The molecule has 0 bridgehead atoms. The number of ether oxygens (including phenoxy) is 4. The Kier molecular flexibility index (Phi) is 6.85. The minimum Gasteiger partial charge on any atom is -0.463 e. The lowest BCUT2D eigenvalue weighted by molar-refractivity contribution is -0.348. The normalized spacial score (nSPS) is 39.1. The highest BCUT2D eigenvalue weighted by molar-refractivity contribution is 5.90. The van der Waals surface area contributed by atoms with Crippen molar-refractivity contribution in [2.45, 2.75) is 82.4 Å². The Morgan fingerprint density at radius 2 is 1.52 bits per heavy atom. The second kappa shape index (κ2) is 10.1. The van der Waals surface area contributed by atoms with Crippen molar-refractivity contribution in [3.8, 4) is 0 Å². The second-order valence-electron chi connectivity index (χ2n) is 13.0. The molecule has 2 aliphatic heterocycles. The standard InChI is InChI=1S/C34H38O8/c1-21-15-16-24(40-29(37)22-11-7-5-8-12-22)26-31(2)17-18-34(19-25(35)39-20-34)42-33(31,4)27(36)28(32(21,26)3)41-30(38)23-13-9-6-10-14-23/h5-14,24,26-28,36H,1,15-20H2,2-4H3/t24-,26-,27+,28+,31-,32+,33+,34-/m1/s1. The number of esters is 3. The first-order chi connectivity index (χ1) is 19.9. The fourth-order valence-corrected chi connectivity index (χ4v) is 8.30. The van der Waals surface area contributed by atoms with E-state index >= 15 is 0 Å². The van der Waals surface area contributed by atoms with E-state index in [2.05, 4.69) is 13.5 Å². The van der Waals surface area contributed by atoms with Gasteiger partial charge in [0, 0.05) is 16.7 Å². The first-order valence-electron chi connectivity index (χ1n) is 14.7. The van der Waals surface area contributed by atoms with Crippen LogP contribution in [0.3, 0.4) is 0 Å². The van der Waals surface area contributed by atoms with E-state index in [1.165, 1.54) is 0 Å². The molecule has 6 rings (SSSR count). The van der Waals surface area contributed by atoms with Crippen LogP contribution >= 0.6 is 0 Å².